The van der Waals surface area contributed by atoms with Crippen molar-refractivity contribution in [2.24, 2.45) is 0 Å². The maximum absolute atomic E-state index is 5.94. The van der Waals surface area contributed by atoms with Crippen LogP contribution in [0.25, 0.3) is 0 Å². The molecule has 0 aliphatic heterocycles. The summed E-state index contributed by atoms with van der Waals surface area (Å²) in [6, 6.07) is 13.2. The van der Waals surface area contributed by atoms with Crippen LogP contribution in [0.3, 0.4) is 0 Å². The van der Waals surface area contributed by atoms with Crippen molar-refractivity contribution in [1.29, 1.82) is 0 Å². The van der Waals surface area contributed by atoms with E-state index in [-0.39, 0.29) is 0 Å². The van der Waals surface area contributed by atoms with Crippen LogP contribution in [0.15, 0.2) is 42.5 Å². The average Bonchev–Trinajstić information content (AvgIpc) is 2.24. The number of halogens is 1. The molecule has 81 valence electrons. The molecule has 2 aromatic rings. The van der Waals surface area contributed by atoms with E-state index in [4.69, 9.17) is 16.3 Å². The molecule has 1 nitrogen and oxygen atoms in total. The van der Waals surface area contributed by atoms with E-state index >= 15 is 0 Å². The second-order valence-electron chi connectivity index (χ2n) is 3.66. The molecule has 2 rings (SSSR count). The highest BCUT2D eigenvalue weighted by atomic mass is 35.5. The molecule has 2 aromatic carbocycles. The number of aryl methyl sites for hydroxylation is 1. The quantitative estimate of drug-likeness (QED) is 0.733. The minimum Gasteiger partial charge on any atom is -0.457 e. The predicted octanol–water partition coefficient (Wildman–Crippen LogP) is 4.62. The lowest BCUT2D eigenvalue weighted by molar-refractivity contribution is 0.482. The number of rotatable bonds is 2. The standard InChI is InChI=1S/C14H12ClO/c1-10-4-3-5-12(8-10)16-13-6-7-14(15)11(2)9-13/h3-9H,1H2,2H3. The van der Waals surface area contributed by atoms with Gasteiger partial charge in [-0.2, -0.15) is 0 Å². The summed E-state index contributed by atoms with van der Waals surface area (Å²) >= 11 is 5.94. The van der Waals surface area contributed by atoms with Crippen LogP contribution in [-0.4, -0.2) is 0 Å². The normalized spacial score (nSPS) is 10.2. The summed E-state index contributed by atoms with van der Waals surface area (Å²) in [6.45, 7) is 5.80. The first-order valence-corrected chi connectivity index (χ1v) is 5.39. The van der Waals surface area contributed by atoms with Gasteiger partial charge in [-0.1, -0.05) is 23.7 Å². The average molecular weight is 232 g/mol. The Bertz CT molecular complexity index is 506. The van der Waals surface area contributed by atoms with Gasteiger partial charge in [0.05, 0.1) is 0 Å². The Morgan fingerprint density at radius 3 is 2.50 bits per heavy atom. The zero-order valence-corrected chi connectivity index (χ0v) is 9.79. The lowest BCUT2D eigenvalue weighted by Gasteiger charge is -2.07. The van der Waals surface area contributed by atoms with Crippen LogP contribution in [0.1, 0.15) is 11.1 Å². The SMILES string of the molecule is [CH2]c1cccc(Oc2ccc(Cl)c(C)c2)c1. The molecule has 0 N–H and O–H groups in total. The van der Waals surface area contributed by atoms with Crippen molar-refractivity contribution >= 4 is 11.6 Å². The van der Waals surface area contributed by atoms with Gasteiger partial charge in [0.2, 0.25) is 0 Å². The smallest absolute Gasteiger partial charge is 0.127 e. The Labute approximate surface area is 101 Å². The van der Waals surface area contributed by atoms with Gasteiger partial charge in [-0.15, -0.1) is 0 Å². The topological polar surface area (TPSA) is 9.23 Å². The Hall–Kier alpha value is -1.47. The van der Waals surface area contributed by atoms with Crippen LogP contribution < -0.4 is 4.74 Å². The summed E-state index contributed by atoms with van der Waals surface area (Å²) in [5.74, 6) is 1.57. The maximum Gasteiger partial charge on any atom is 0.127 e. The number of hydrogen-bond donors (Lipinski definition) is 0. The van der Waals surface area contributed by atoms with Gasteiger partial charge in [-0.3, -0.25) is 0 Å². The first-order valence-electron chi connectivity index (χ1n) is 5.01. The highest BCUT2D eigenvalue weighted by Gasteiger charge is 2.00. The van der Waals surface area contributed by atoms with Crippen molar-refractivity contribution in [3.8, 4) is 11.5 Å². The molecule has 0 aromatic heterocycles. The molecular weight excluding hydrogens is 220 g/mol. The second-order valence-corrected chi connectivity index (χ2v) is 4.07. The van der Waals surface area contributed by atoms with E-state index < -0.39 is 0 Å². The summed E-state index contributed by atoms with van der Waals surface area (Å²) in [6.07, 6.45) is 0. The third-order valence-electron chi connectivity index (χ3n) is 2.26. The molecule has 0 saturated carbocycles. The monoisotopic (exact) mass is 231 g/mol. The number of hydrogen-bond acceptors (Lipinski definition) is 1. The van der Waals surface area contributed by atoms with Crippen molar-refractivity contribution in [3.63, 3.8) is 0 Å². The molecule has 0 spiro atoms. The minimum absolute atomic E-state index is 0.748. The molecule has 0 bridgehead atoms. The van der Waals surface area contributed by atoms with Crippen LogP contribution in [0, 0.1) is 13.8 Å². The molecule has 2 heteroatoms. The van der Waals surface area contributed by atoms with Gasteiger partial charge < -0.3 is 4.74 Å². The first-order chi connectivity index (χ1) is 7.65. The highest BCUT2D eigenvalue weighted by Crippen LogP contribution is 2.26. The Balaban J connectivity index is 2.24. The molecule has 0 unspecified atom stereocenters. The van der Waals surface area contributed by atoms with E-state index in [0.717, 1.165) is 27.6 Å². The van der Waals surface area contributed by atoms with E-state index in [2.05, 4.69) is 6.92 Å². The maximum atomic E-state index is 5.94. The van der Waals surface area contributed by atoms with Gasteiger partial charge in [0.15, 0.2) is 0 Å². The van der Waals surface area contributed by atoms with Gasteiger partial charge in [0.1, 0.15) is 11.5 Å². The van der Waals surface area contributed by atoms with Crippen LogP contribution in [0.2, 0.25) is 5.02 Å². The fraction of sp³-hybridized carbons (Fsp3) is 0.0714. The summed E-state index contributed by atoms with van der Waals surface area (Å²) in [5, 5.41) is 0.748. The molecule has 0 heterocycles. The van der Waals surface area contributed by atoms with Crippen molar-refractivity contribution in [3.05, 3.63) is 65.5 Å². The Kier molecular flexibility index (Phi) is 3.16. The van der Waals surface area contributed by atoms with Crippen LogP contribution in [-0.2, 0) is 0 Å². The molecule has 0 amide bonds. The molecule has 0 aliphatic rings. The van der Waals surface area contributed by atoms with Crippen molar-refractivity contribution in [2.45, 2.75) is 6.92 Å². The van der Waals surface area contributed by atoms with Gasteiger partial charge >= 0.3 is 0 Å². The van der Waals surface area contributed by atoms with Gasteiger partial charge in [0, 0.05) is 5.02 Å². The summed E-state index contributed by atoms with van der Waals surface area (Å²) in [4.78, 5) is 0. The largest absolute Gasteiger partial charge is 0.457 e. The molecular formula is C14H12ClO. The van der Waals surface area contributed by atoms with E-state index in [1.54, 1.807) is 0 Å². The van der Waals surface area contributed by atoms with E-state index in [9.17, 15) is 0 Å². The lowest BCUT2D eigenvalue weighted by Crippen LogP contribution is -1.85. The Morgan fingerprint density at radius 1 is 1.06 bits per heavy atom. The molecule has 0 saturated heterocycles. The van der Waals surface area contributed by atoms with E-state index in [1.165, 1.54) is 0 Å². The predicted molar refractivity (Wildman–Crippen MR) is 67.2 cm³/mol. The van der Waals surface area contributed by atoms with Crippen molar-refractivity contribution < 1.29 is 4.74 Å². The minimum atomic E-state index is 0.748. The number of benzene rings is 2. The molecule has 0 fully saturated rings. The third kappa shape index (κ3) is 2.56. The van der Waals surface area contributed by atoms with Crippen LogP contribution in [0.5, 0.6) is 11.5 Å². The molecule has 0 aliphatic carbocycles. The molecule has 1 radical (unpaired) electrons. The fourth-order valence-corrected chi connectivity index (χ4v) is 1.54. The van der Waals surface area contributed by atoms with Crippen LogP contribution in [0.4, 0.5) is 0 Å². The van der Waals surface area contributed by atoms with Gasteiger partial charge in [-0.25, -0.2) is 0 Å². The first kappa shape index (κ1) is 11.0. The zero-order valence-electron chi connectivity index (χ0n) is 9.03. The number of ether oxygens (including phenoxy) is 1. The summed E-state index contributed by atoms with van der Waals surface area (Å²) in [5.41, 5.74) is 1.94. The van der Waals surface area contributed by atoms with E-state index in [0.29, 0.717) is 0 Å². The van der Waals surface area contributed by atoms with E-state index in [1.807, 2.05) is 49.4 Å². The van der Waals surface area contributed by atoms with Gasteiger partial charge in [-0.05, 0) is 55.3 Å². The summed E-state index contributed by atoms with van der Waals surface area (Å²) < 4.78 is 5.70. The van der Waals surface area contributed by atoms with Crippen LogP contribution >= 0.6 is 11.6 Å². The fourth-order valence-electron chi connectivity index (χ4n) is 1.43. The third-order valence-corrected chi connectivity index (χ3v) is 2.69. The van der Waals surface area contributed by atoms with Crippen molar-refractivity contribution in [1.82, 2.24) is 0 Å². The Morgan fingerprint density at radius 2 is 1.81 bits per heavy atom. The zero-order chi connectivity index (χ0) is 11.5. The van der Waals surface area contributed by atoms with Gasteiger partial charge in [0.25, 0.3) is 0 Å². The second kappa shape index (κ2) is 4.58. The lowest BCUT2D eigenvalue weighted by atomic mass is 10.2. The summed E-state index contributed by atoms with van der Waals surface area (Å²) in [7, 11) is 0. The molecule has 16 heavy (non-hydrogen) atoms. The highest BCUT2D eigenvalue weighted by molar-refractivity contribution is 6.31. The molecule has 0 atom stereocenters. The van der Waals surface area contributed by atoms with Crippen molar-refractivity contribution in [2.75, 3.05) is 0 Å².